The van der Waals surface area contributed by atoms with Gasteiger partial charge in [-0.15, -0.1) is 0 Å². The highest BCUT2D eigenvalue weighted by atomic mass is 35.5. The van der Waals surface area contributed by atoms with Gasteiger partial charge in [0.05, 0.1) is 18.7 Å². The lowest BCUT2D eigenvalue weighted by atomic mass is 10.1. The van der Waals surface area contributed by atoms with Crippen molar-refractivity contribution < 1.29 is 24.1 Å². The number of methoxy groups -OCH3 is 1. The fourth-order valence-electron chi connectivity index (χ4n) is 1.37. The van der Waals surface area contributed by atoms with Gasteiger partial charge in [-0.1, -0.05) is 11.6 Å². The number of hydrogen-bond donors (Lipinski definition) is 1. The van der Waals surface area contributed by atoms with Crippen LogP contribution in [0.25, 0.3) is 0 Å². The molecule has 0 aromatic heterocycles. The van der Waals surface area contributed by atoms with E-state index < -0.39 is 12.3 Å². The van der Waals surface area contributed by atoms with E-state index in [-0.39, 0.29) is 28.7 Å². The molecule has 19 heavy (non-hydrogen) atoms. The highest BCUT2D eigenvalue weighted by Crippen LogP contribution is 2.39. The highest BCUT2D eigenvalue weighted by Gasteiger charge is 2.23. The van der Waals surface area contributed by atoms with Gasteiger partial charge in [0.25, 0.3) is 0 Å². The zero-order chi connectivity index (χ0) is 14.4. The summed E-state index contributed by atoms with van der Waals surface area (Å²) >= 11 is 5.98. The monoisotopic (exact) mass is 285 g/mol. The maximum atomic E-state index is 11.2. The van der Waals surface area contributed by atoms with Gasteiger partial charge in [-0.05, 0) is 19.1 Å². The topological polar surface area (TPSA) is 88.8 Å². The number of nitriles is 1. The average molecular weight is 286 g/mol. The number of carbonyl (C=O) groups excluding carboxylic acids is 1. The first-order valence-corrected chi connectivity index (χ1v) is 5.71. The number of halogens is 1. The minimum absolute atomic E-state index is 0.00153. The van der Waals surface area contributed by atoms with Crippen molar-refractivity contribution in [2.45, 2.75) is 13.0 Å². The lowest BCUT2D eigenvalue weighted by molar-refractivity contribution is 0.0421. The summed E-state index contributed by atoms with van der Waals surface area (Å²) in [6, 6.07) is 4.43. The maximum Gasteiger partial charge on any atom is 0.509 e. The number of hydrogen-bond acceptors (Lipinski definition) is 6. The third-order valence-electron chi connectivity index (χ3n) is 2.19. The predicted molar refractivity (Wildman–Crippen MR) is 66.1 cm³/mol. The van der Waals surface area contributed by atoms with Gasteiger partial charge >= 0.3 is 6.16 Å². The van der Waals surface area contributed by atoms with Crippen molar-refractivity contribution >= 4 is 17.8 Å². The van der Waals surface area contributed by atoms with Crippen molar-refractivity contribution in [3.05, 3.63) is 22.7 Å². The van der Waals surface area contributed by atoms with Crippen LogP contribution in [-0.4, -0.2) is 25.0 Å². The van der Waals surface area contributed by atoms with E-state index in [0.29, 0.717) is 0 Å². The first-order valence-electron chi connectivity index (χ1n) is 5.33. The molecule has 1 N–H and O–H groups in total. The smallest absolute Gasteiger partial charge is 0.504 e. The van der Waals surface area contributed by atoms with Crippen molar-refractivity contribution in [2.75, 3.05) is 13.7 Å². The number of benzene rings is 1. The standard InChI is InChI=1S/C12H12ClNO5/c1-3-18-12(16)19-9(6-14)7-4-5-8(15)11(17-2)10(7)13/h4-5,9,15H,3H2,1-2H3. The number of phenols is 1. The van der Waals surface area contributed by atoms with E-state index in [0.717, 1.165) is 0 Å². The van der Waals surface area contributed by atoms with Gasteiger partial charge in [0.15, 0.2) is 11.5 Å². The van der Waals surface area contributed by atoms with Crippen LogP contribution in [0, 0.1) is 11.3 Å². The molecule has 0 spiro atoms. The van der Waals surface area contributed by atoms with Crippen LogP contribution < -0.4 is 4.74 Å². The lowest BCUT2D eigenvalue weighted by Crippen LogP contribution is -2.12. The van der Waals surface area contributed by atoms with Gasteiger partial charge < -0.3 is 19.3 Å². The van der Waals surface area contributed by atoms with Gasteiger partial charge in [-0.2, -0.15) is 5.26 Å². The van der Waals surface area contributed by atoms with Crippen molar-refractivity contribution in [1.29, 1.82) is 5.26 Å². The molecule has 7 heteroatoms. The Bertz CT molecular complexity index is 512. The van der Waals surface area contributed by atoms with E-state index in [2.05, 4.69) is 4.74 Å². The molecule has 1 aromatic carbocycles. The maximum absolute atomic E-state index is 11.2. The molecule has 0 bridgehead atoms. The van der Waals surface area contributed by atoms with E-state index in [9.17, 15) is 9.90 Å². The Hall–Kier alpha value is -2.13. The van der Waals surface area contributed by atoms with Crippen LogP contribution in [0.2, 0.25) is 5.02 Å². The Morgan fingerprint density at radius 3 is 2.79 bits per heavy atom. The van der Waals surface area contributed by atoms with E-state index in [1.807, 2.05) is 0 Å². The molecular weight excluding hydrogens is 274 g/mol. The van der Waals surface area contributed by atoms with E-state index in [4.69, 9.17) is 26.3 Å². The van der Waals surface area contributed by atoms with E-state index in [1.54, 1.807) is 13.0 Å². The Balaban J connectivity index is 3.06. The van der Waals surface area contributed by atoms with Crippen molar-refractivity contribution in [3.63, 3.8) is 0 Å². The highest BCUT2D eigenvalue weighted by molar-refractivity contribution is 6.33. The molecule has 1 rings (SSSR count). The predicted octanol–water partition coefficient (Wildman–Crippen LogP) is 2.79. The molecule has 102 valence electrons. The van der Waals surface area contributed by atoms with Gasteiger partial charge in [-0.25, -0.2) is 4.79 Å². The second-order valence-corrected chi connectivity index (χ2v) is 3.71. The largest absolute Gasteiger partial charge is 0.509 e. The molecule has 0 radical (unpaired) electrons. The molecule has 0 amide bonds. The summed E-state index contributed by atoms with van der Waals surface area (Å²) in [7, 11) is 1.32. The summed E-state index contributed by atoms with van der Waals surface area (Å²) in [6.45, 7) is 1.74. The molecule has 0 heterocycles. The second-order valence-electron chi connectivity index (χ2n) is 3.33. The first-order chi connectivity index (χ1) is 9.04. The van der Waals surface area contributed by atoms with E-state index >= 15 is 0 Å². The van der Waals surface area contributed by atoms with Crippen LogP contribution in [-0.2, 0) is 9.47 Å². The number of nitrogens with zero attached hydrogens (tertiary/aromatic N) is 1. The molecule has 1 aromatic rings. The summed E-state index contributed by atoms with van der Waals surface area (Å²) in [5.41, 5.74) is 0.201. The molecule has 0 saturated carbocycles. The molecule has 0 aliphatic heterocycles. The summed E-state index contributed by atoms with van der Waals surface area (Å²) in [4.78, 5) is 11.2. The summed E-state index contributed by atoms with van der Waals surface area (Å²) < 4.78 is 14.3. The number of aromatic hydroxyl groups is 1. The van der Waals surface area contributed by atoms with Crippen LogP contribution in [0.3, 0.4) is 0 Å². The van der Waals surface area contributed by atoms with Gasteiger partial charge in [0.2, 0.25) is 6.10 Å². The summed E-state index contributed by atoms with van der Waals surface area (Å²) in [5, 5.41) is 18.5. The minimum atomic E-state index is -1.25. The molecule has 0 fully saturated rings. The van der Waals surface area contributed by atoms with Crippen LogP contribution in [0.5, 0.6) is 11.5 Å². The normalized spacial score (nSPS) is 11.3. The Labute approximate surface area is 115 Å². The summed E-state index contributed by atoms with van der Waals surface area (Å²) in [5.74, 6) is -0.170. The summed E-state index contributed by atoms with van der Waals surface area (Å²) in [6.07, 6.45) is -2.22. The van der Waals surface area contributed by atoms with Gasteiger partial charge in [0.1, 0.15) is 6.07 Å². The number of phenolic OH excluding ortho intramolecular Hbond substituents is 1. The number of carbonyl (C=O) groups is 1. The van der Waals surface area contributed by atoms with Crippen molar-refractivity contribution in [1.82, 2.24) is 0 Å². The van der Waals surface area contributed by atoms with Gasteiger partial charge in [-0.3, -0.25) is 0 Å². The molecule has 1 atom stereocenters. The SMILES string of the molecule is CCOC(=O)OC(C#N)c1ccc(O)c(OC)c1Cl. The molecule has 0 saturated heterocycles. The fourth-order valence-corrected chi connectivity index (χ4v) is 1.70. The first kappa shape index (κ1) is 14.9. The quantitative estimate of drug-likeness (QED) is 0.856. The molecule has 6 nitrogen and oxygen atoms in total. The van der Waals surface area contributed by atoms with Crippen LogP contribution in [0.15, 0.2) is 12.1 Å². The molecule has 1 unspecified atom stereocenters. The average Bonchev–Trinajstić information content (AvgIpc) is 2.37. The van der Waals surface area contributed by atoms with Crippen LogP contribution in [0.1, 0.15) is 18.6 Å². The third kappa shape index (κ3) is 3.42. The Morgan fingerprint density at radius 1 is 1.58 bits per heavy atom. The Morgan fingerprint density at radius 2 is 2.26 bits per heavy atom. The number of ether oxygens (including phenoxy) is 3. The molecule has 0 aliphatic carbocycles. The second kappa shape index (κ2) is 6.71. The fraction of sp³-hybridized carbons (Fsp3) is 0.333. The van der Waals surface area contributed by atoms with Crippen LogP contribution >= 0.6 is 11.6 Å². The lowest BCUT2D eigenvalue weighted by Gasteiger charge is -2.14. The van der Waals surface area contributed by atoms with Gasteiger partial charge in [0, 0.05) is 5.56 Å². The zero-order valence-electron chi connectivity index (χ0n) is 10.3. The van der Waals surface area contributed by atoms with E-state index in [1.165, 1.54) is 19.2 Å². The minimum Gasteiger partial charge on any atom is -0.504 e. The molecular formula is C12H12ClNO5. The van der Waals surface area contributed by atoms with Crippen molar-refractivity contribution in [2.24, 2.45) is 0 Å². The molecule has 0 aliphatic rings. The third-order valence-corrected chi connectivity index (χ3v) is 2.58. The van der Waals surface area contributed by atoms with Crippen LogP contribution in [0.4, 0.5) is 4.79 Å². The Kier molecular flexibility index (Phi) is 5.27. The number of rotatable bonds is 4. The van der Waals surface area contributed by atoms with Crippen molar-refractivity contribution in [3.8, 4) is 17.6 Å². The zero-order valence-corrected chi connectivity index (χ0v) is 11.1.